The molecule has 0 rings (SSSR count). The van der Waals surface area contributed by atoms with E-state index in [0.717, 1.165) is 5.76 Å². The Bertz CT molecular complexity index is 158. The summed E-state index contributed by atoms with van der Waals surface area (Å²) in [5.74, 6) is 3.15. The van der Waals surface area contributed by atoms with Gasteiger partial charge in [0.05, 0.1) is 7.11 Å². The molecule has 0 aromatic rings. The van der Waals surface area contributed by atoms with Gasteiger partial charge < -0.3 is 4.74 Å². The first-order valence-corrected chi connectivity index (χ1v) is 2.68. The molecule has 0 fully saturated rings. The predicted octanol–water partition coefficient (Wildman–Crippen LogP) is 1.73. The second kappa shape index (κ2) is 4.99. The third-order valence-electron chi connectivity index (χ3n) is 0.864. The molecule has 0 saturated heterocycles. The maximum Gasteiger partial charge on any atom is 0.115 e. The van der Waals surface area contributed by atoms with Crippen molar-refractivity contribution in [1.82, 2.24) is 0 Å². The second-order valence-electron chi connectivity index (χ2n) is 1.40. The summed E-state index contributed by atoms with van der Waals surface area (Å²) in [5.41, 5.74) is 0. The van der Waals surface area contributed by atoms with E-state index in [0.29, 0.717) is 0 Å². The van der Waals surface area contributed by atoms with Gasteiger partial charge in [-0.25, -0.2) is 0 Å². The number of ether oxygens (including phenoxy) is 1. The molecule has 0 heterocycles. The van der Waals surface area contributed by atoms with Gasteiger partial charge in [-0.3, -0.25) is 0 Å². The summed E-state index contributed by atoms with van der Waals surface area (Å²) in [4.78, 5) is 0. The molecule has 48 valence electrons. The van der Waals surface area contributed by atoms with Gasteiger partial charge in [-0.2, -0.15) is 0 Å². The van der Waals surface area contributed by atoms with Crippen LogP contribution in [0.5, 0.6) is 0 Å². The highest BCUT2D eigenvalue weighted by molar-refractivity contribution is 5.19. The molecule has 0 unspecified atom stereocenters. The highest BCUT2D eigenvalue weighted by Gasteiger charge is 1.80. The summed E-state index contributed by atoms with van der Waals surface area (Å²) in [6.07, 6.45) is 10.1. The number of rotatable bonds is 2. The molecular formula is C8H10O. The van der Waals surface area contributed by atoms with Crippen molar-refractivity contribution in [3.05, 3.63) is 24.0 Å². The van der Waals surface area contributed by atoms with Gasteiger partial charge in [0.25, 0.3) is 0 Å². The third kappa shape index (κ3) is 3.42. The van der Waals surface area contributed by atoms with Crippen LogP contribution in [0.2, 0.25) is 0 Å². The van der Waals surface area contributed by atoms with Crippen LogP contribution in [0, 0.1) is 12.3 Å². The van der Waals surface area contributed by atoms with Crippen molar-refractivity contribution >= 4 is 0 Å². The fourth-order valence-electron chi connectivity index (χ4n) is 0.412. The molecule has 0 amide bonds. The Kier molecular flexibility index (Phi) is 4.34. The van der Waals surface area contributed by atoms with Gasteiger partial charge in [0.1, 0.15) is 5.76 Å². The van der Waals surface area contributed by atoms with Crippen LogP contribution >= 0.6 is 0 Å². The van der Waals surface area contributed by atoms with E-state index in [2.05, 4.69) is 5.92 Å². The lowest BCUT2D eigenvalue weighted by molar-refractivity contribution is 0.306. The third-order valence-corrected chi connectivity index (χ3v) is 0.864. The van der Waals surface area contributed by atoms with Crippen LogP contribution in [0.1, 0.15) is 6.92 Å². The normalized spacial score (nSPS) is 11.4. The van der Waals surface area contributed by atoms with E-state index in [9.17, 15) is 0 Å². The largest absolute Gasteiger partial charge is 0.497 e. The number of hydrogen-bond donors (Lipinski definition) is 0. The zero-order valence-corrected chi connectivity index (χ0v) is 5.72. The van der Waals surface area contributed by atoms with E-state index in [1.54, 1.807) is 19.3 Å². The van der Waals surface area contributed by atoms with Crippen LogP contribution in [-0.4, -0.2) is 7.11 Å². The Morgan fingerprint density at radius 2 is 2.33 bits per heavy atom. The molecule has 1 heteroatoms. The van der Waals surface area contributed by atoms with Crippen LogP contribution in [0.25, 0.3) is 0 Å². The fourth-order valence-corrected chi connectivity index (χ4v) is 0.412. The smallest absolute Gasteiger partial charge is 0.115 e. The Balaban J connectivity index is 3.89. The second-order valence-corrected chi connectivity index (χ2v) is 1.40. The standard InChI is InChI=1S/C8H10O/c1-4-6-7-8(5-2)9-3/h1,5-7H,2-3H3/b7-6-,8-5+. The van der Waals surface area contributed by atoms with Gasteiger partial charge in [-0.1, -0.05) is 5.92 Å². The molecule has 0 N–H and O–H groups in total. The summed E-state index contributed by atoms with van der Waals surface area (Å²) >= 11 is 0. The molecule has 0 atom stereocenters. The molecule has 0 aliphatic carbocycles. The molecule has 0 aromatic carbocycles. The Morgan fingerprint density at radius 3 is 2.67 bits per heavy atom. The van der Waals surface area contributed by atoms with Crippen molar-refractivity contribution in [2.75, 3.05) is 7.11 Å². The van der Waals surface area contributed by atoms with Crippen molar-refractivity contribution in [3.63, 3.8) is 0 Å². The van der Waals surface area contributed by atoms with Gasteiger partial charge in [-0.15, -0.1) is 6.42 Å². The molecule has 0 saturated carbocycles. The number of methoxy groups -OCH3 is 1. The summed E-state index contributed by atoms with van der Waals surface area (Å²) < 4.78 is 4.88. The van der Waals surface area contributed by atoms with E-state index in [-0.39, 0.29) is 0 Å². The molecule has 0 aliphatic rings. The van der Waals surface area contributed by atoms with Crippen LogP contribution in [0.3, 0.4) is 0 Å². The Morgan fingerprint density at radius 1 is 1.67 bits per heavy atom. The van der Waals surface area contributed by atoms with Crippen molar-refractivity contribution in [2.24, 2.45) is 0 Å². The molecule has 0 bridgehead atoms. The number of hydrogen-bond acceptors (Lipinski definition) is 1. The van der Waals surface area contributed by atoms with Crippen LogP contribution in [-0.2, 0) is 4.74 Å². The minimum Gasteiger partial charge on any atom is -0.497 e. The summed E-state index contributed by atoms with van der Waals surface area (Å²) in [5, 5.41) is 0. The van der Waals surface area contributed by atoms with Gasteiger partial charge in [0, 0.05) is 0 Å². The Labute approximate surface area is 56.0 Å². The van der Waals surface area contributed by atoms with Crippen molar-refractivity contribution in [2.45, 2.75) is 6.92 Å². The zero-order chi connectivity index (χ0) is 7.11. The lowest BCUT2D eigenvalue weighted by Gasteiger charge is -1.94. The number of terminal acetylenes is 1. The van der Waals surface area contributed by atoms with E-state index in [1.807, 2.05) is 13.0 Å². The lowest BCUT2D eigenvalue weighted by atomic mass is 10.4. The first-order valence-electron chi connectivity index (χ1n) is 2.68. The maximum atomic E-state index is 4.97. The van der Waals surface area contributed by atoms with Crippen LogP contribution < -0.4 is 0 Å². The minimum absolute atomic E-state index is 0.785. The van der Waals surface area contributed by atoms with Crippen LogP contribution in [0.4, 0.5) is 0 Å². The van der Waals surface area contributed by atoms with E-state index in [1.165, 1.54) is 0 Å². The fraction of sp³-hybridized carbons (Fsp3) is 0.250. The van der Waals surface area contributed by atoms with Gasteiger partial charge in [0.2, 0.25) is 0 Å². The van der Waals surface area contributed by atoms with E-state index < -0.39 is 0 Å². The monoisotopic (exact) mass is 122 g/mol. The SMILES string of the molecule is C#C/C=C\C(=C/C)OC. The summed E-state index contributed by atoms with van der Waals surface area (Å²) in [7, 11) is 1.61. The summed E-state index contributed by atoms with van der Waals surface area (Å²) in [6.45, 7) is 1.89. The first-order chi connectivity index (χ1) is 4.35. The van der Waals surface area contributed by atoms with Crippen molar-refractivity contribution in [1.29, 1.82) is 0 Å². The van der Waals surface area contributed by atoms with E-state index in [4.69, 9.17) is 11.2 Å². The predicted molar refractivity (Wildman–Crippen MR) is 38.7 cm³/mol. The molecule has 0 aromatic heterocycles. The minimum atomic E-state index is 0.785. The van der Waals surface area contributed by atoms with Gasteiger partial charge in [-0.05, 0) is 25.2 Å². The highest BCUT2D eigenvalue weighted by atomic mass is 16.5. The Hall–Kier alpha value is -1.16. The average molecular weight is 122 g/mol. The van der Waals surface area contributed by atoms with Crippen molar-refractivity contribution in [3.8, 4) is 12.3 Å². The molecule has 1 nitrogen and oxygen atoms in total. The number of allylic oxidation sites excluding steroid dienone is 3. The lowest BCUT2D eigenvalue weighted by Crippen LogP contribution is -1.78. The van der Waals surface area contributed by atoms with Crippen molar-refractivity contribution < 1.29 is 4.74 Å². The summed E-state index contributed by atoms with van der Waals surface area (Å²) in [6, 6.07) is 0. The highest BCUT2D eigenvalue weighted by Crippen LogP contribution is 1.94. The quantitative estimate of drug-likeness (QED) is 0.308. The molecule has 0 radical (unpaired) electrons. The van der Waals surface area contributed by atoms with Crippen LogP contribution in [0.15, 0.2) is 24.0 Å². The zero-order valence-electron chi connectivity index (χ0n) is 5.72. The van der Waals surface area contributed by atoms with Gasteiger partial charge >= 0.3 is 0 Å². The average Bonchev–Trinajstić information content (AvgIpc) is 1.91. The molecular weight excluding hydrogens is 112 g/mol. The molecule has 0 aliphatic heterocycles. The van der Waals surface area contributed by atoms with Gasteiger partial charge in [0.15, 0.2) is 0 Å². The first kappa shape index (κ1) is 7.84. The topological polar surface area (TPSA) is 9.23 Å². The molecule has 9 heavy (non-hydrogen) atoms. The maximum absolute atomic E-state index is 4.97. The molecule has 0 spiro atoms. The van der Waals surface area contributed by atoms with E-state index >= 15 is 0 Å².